The predicted molar refractivity (Wildman–Crippen MR) is 211 cm³/mol. The van der Waals surface area contributed by atoms with Crippen LogP contribution in [0.2, 0.25) is 0 Å². The van der Waals surface area contributed by atoms with Gasteiger partial charge in [0, 0.05) is 0 Å². The van der Waals surface area contributed by atoms with Crippen molar-refractivity contribution in [1.82, 2.24) is 0 Å². The van der Waals surface area contributed by atoms with E-state index in [4.69, 9.17) is 9.47 Å². The van der Waals surface area contributed by atoms with Crippen molar-refractivity contribution in [2.75, 3.05) is 0 Å². The van der Waals surface area contributed by atoms with Gasteiger partial charge in [-0.25, -0.2) is 0 Å². The minimum absolute atomic E-state index is 0.194. The van der Waals surface area contributed by atoms with E-state index in [1.165, 1.54) is 114 Å². The van der Waals surface area contributed by atoms with Gasteiger partial charge in [-0.15, -0.1) is 0 Å². The number of ether oxygens (including phenoxy) is 2. The number of unbranched alkanes of at least 4 members (excludes halogenated alkanes) is 4. The second-order valence-electron chi connectivity index (χ2n) is 16.3. The highest BCUT2D eigenvalue weighted by Crippen LogP contribution is 2.41. The molecule has 0 spiro atoms. The molecule has 4 rings (SSSR count). The second-order valence-corrected chi connectivity index (χ2v) is 16.3. The van der Waals surface area contributed by atoms with Crippen LogP contribution in [-0.2, 0) is 32.3 Å². The summed E-state index contributed by atoms with van der Waals surface area (Å²) in [6.07, 6.45) is 19.3. The molecule has 0 heterocycles. The summed E-state index contributed by atoms with van der Waals surface area (Å²) in [4.78, 5) is 25.1. The van der Waals surface area contributed by atoms with Crippen LogP contribution in [0.15, 0.2) is 48.5 Å². The van der Waals surface area contributed by atoms with Crippen molar-refractivity contribution in [3.05, 3.63) is 70.8 Å². The summed E-state index contributed by atoms with van der Waals surface area (Å²) in [5, 5.41) is 20.5. The molecule has 0 bridgehead atoms. The molecule has 6 heteroatoms. The van der Waals surface area contributed by atoms with E-state index in [0.29, 0.717) is 24.7 Å². The molecule has 0 saturated heterocycles. The van der Waals surface area contributed by atoms with Gasteiger partial charge in [0.15, 0.2) is 0 Å². The Labute approximate surface area is 315 Å². The van der Waals surface area contributed by atoms with Crippen LogP contribution in [-0.4, -0.2) is 34.4 Å². The third-order valence-electron chi connectivity index (χ3n) is 12.9. The topological polar surface area (TPSA) is 93.1 Å². The van der Waals surface area contributed by atoms with E-state index in [1.54, 1.807) is 0 Å². The first-order chi connectivity index (χ1) is 25.2. The average Bonchev–Trinajstić information content (AvgIpc) is 3.16. The normalized spacial score (nSPS) is 22.2. The molecule has 290 valence electrons. The molecular weight excluding hydrogens is 649 g/mol. The number of benzene rings is 2. The summed E-state index contributed by atoms with van der Waals surface area (Å²) in [5.74, 6) is 0.901. The van der Waals surface area contributed by atoms with Crippen molar-refractivity contribution >= 4 is 11.9 Å². The van der Waals surface area contributed by atoms with Crippen LogP contribution >= 0.6 is 0 Å². The van der Waals surface area contributed by atoms with Crippen molar-refractivity contribution in [3.63, 3.8) is 0 Å². The van der Waals surface area contributed by atoms with Crippen LogP contribution in [0.5, 0.6) is 0 Å². The molecule has 0 aromatic heterocycles. The number of hydrogen-bond acceptors (Lipinski definition) is 4. The first-order valence-electron chi connectivity index (χ1n) is 21.1. The maximum atomic E-state index is 12.9. The van der Waals surface area contributed by atoms with E-state index >= 15 is 0 Å². The minimum atomic E-state index is -1.28. The largest absolute Gasteiger partial charge is 0.481 e. The zero-order chi connectivity index (χ0) is 37.3. The molecule has 2 atom stereocenters. The summed E-state index contributed by atoms with van der Waals surface area (Å²) in [7, 11) is 0. The fourth-order valence-electron chi connectivity index (χ4n) is 9.22. The fraction of sp³-hybridized carbons (Fsp3) is 0.696. The molecular formula is C46H70O6. The maximum Gasteiger partial charge on any atom is 0.312 e. The van der Waals surface area contributed by atoms with E-state index in [0.717, 1.165) is 23.0 Å². The van der Waals surface area contributed by atoms with E-state index in [2.05, 4.69) is 62.4 Å². The summed E-state index contributed by atoms with van der Waals surface area (Å²) < 4.78 is 12.9. The Balaban J connectivity index is 1.39. The molecule has 2 N–H and O–H groups in total. The first-order valence-corrected chi connectivity index (χ1v) is 21.1. The van der Waals surface area contributed by atoms with Crippen molar-refractivity contribution in [2.45, 2.75) is 187 Å². The zero-order valence-corrected chi connectivity index (χ0v) is 33.0. The van der Waals surface area contributed by atoms with E-state index < -0.39 is 29.6 Å². The van der Waals surface area contributed by atoms with Gasteiger partial charge < -0.3 is 19.7 Å². The lowest BCUT2D eigenvalue weighted by molar-refractivity contribution is -0.184. The fourth-order valence-corrected chi connectivity index (χ4v) is 9.22. The zero-order valence-electron chi connectivity index (χ0n) is 33.0. The summed E-state index contributed by atoms with van der Waals surface area (Å²) >= 11 is 0. The average molecular weight is 719 g/mol. The molecule has 0 aliphatic heterocycles. The monoisotopic (exact) mass is 719 g/mol. The van der Waals surface area contributed by atoms with Crippen molar-refractivity contribution < 1.29 is 29.3 Å². The molecule has 2 saturated carbocycles. The van der Waals surface area contributed by atoms with Crippen LogP contribution in [0.4, 0.5) is 0 Å². The van der Waals surface area contributed by atoms with Crippen molar-refractivity contribution in [2.24, 2.45) is 17.3 Å². The second kappa shape index (κ2) is 21.9. The highest BCUT2D eigenvalue weighted by molar-refractivity contribution is 5.76. The third kappa shape index (κ3) is 12.2. The van der Waals surface area contributed by atoms with E-state index in [9.17, 15) is 19.8 Å². The van der Waals surface area contributed by atoms with Crippen LogP contribution in [0, 0.1) is 17.3 Å². The Morgan fingerprint density at radius 3 is 1.42 bits per heavy atom. The number of hydrogen-bond donors (Lipinski definition) is 2. The van der Waals surface area contributed by atoms with E-state index in [-0.39, 0.29) is 19.6 Å². The van der Waals surface area contributed by atoms with Gasteiger partial charge in [0.05, 0.1) is 31.2 Å². The summed E-state index contributed by atoms with van der Waals surface area (Å²) in [5.41, 5.74) is 3.35. The van der Waals surface area contributed by atoms with Crippen LogP contribution in [0.1, 0.15) is 184 Å². The molecule has 0 unspecified atom stereocenters. The lowest BCUT2D eigenvalue weighted by Gasteiger charge is -2.39. The Hall–Kier alpha value is -2.70. The van der Waals surface area contributed by atoms with Gasteiger partial charge in [0.2, 0.25) is 0 Å². The Kier molecular flexibility index (Phi) is 17.7. The SMILES string of the molecule is CCCCCC1CCC(c2ccc(CO[C@H](CC(=O)O)[C@H](OCc3ccc(C4CCC(CCCCC)CC4)cc3)C(CC)(CC)C(=O)O)cc2)CC1. The van der Waals surface area contributed by atoms with Gasteiger partial charge >= 0.3 is 11.9 Å². The van der Waals surface area contributed by atoms with Gasteiger partial charge in [0.1, 0.15) is 6.10 Å². The Morgan fingerprint density at radius 2 is 1.06 bits per heavy atom. The quantitative estimate of drug-likeness (QED) is 0.111. The van der Waals surface area contributed by atoms with E-state index in [1.807, 2.05) is 13.8 Å². The van der Waals surface area contributed by atoms with Gasteiger partial charge in [-0.1, -0.05) is 128 Å². The molecule has 2 aliphatic carbocycles. The van der Waals surface area contributed by atoms with Gasteiger partial charge in [-0.05, 0) is 110 Å². The number of carboxylic acids is 2. The molecule has 2 aromatic rings. The lowest BCUT2D eigenvalue weighted by Crippen LogP contribution is -2.51. The predicted octanol–water partition coefficient (Wildman–Crippen LogP) is 12.2. The molecule has 2 aliphatic rings. The minimum Gasteiger partial charge on any atom is -0.481 e. The summed E-state index contributed by atoms with van der Waals surface area (Å²) in [6, 6.07) is 17.2. The molecule has 6 nitrogen and oxygen atoms in total. The van der Waals surface area contributed by atoms with Crippen LogP contribution < -0.4 is 0 Å². The number of carbonyl (C=O) groups is 2. The number of aliphatic carboxylic acids is 2. The highest BCUT2D eigenvalue weighted by atomic mass is 16.5. The van der Waals surface area contributed by atoms with Crippen LogP contribution in [0.3, 0.4) is 0 Å². The number of rotatable bonds is 23. The lowest BCUT2D eigenvalue weighted by atomic mass is 9.74. The van der Waals surface area contributed by atoms with Gasteiger partial charge in [-0.3, -0.25) is 9.59 Å². The van der Waals surface area contributed by atoms with Gasteiger partial charge in [0.25, 0.3) is 0 Å². The molecule has 52 heavy (non-hydrogen) atoms. The molecule has 0 amide bonds. The molecule has 2 fully saturated rings. The maximum absolute atomic E-state index is 12.9. The smallest absolute Gasteiger partial charge is 0.312 e. The van der Waals surface area contributed by atoms with Crippen molar-refractivity contribution in [1.29, 1.82) is 0 Å². The first kappa shape index (κ1) is 42.0. The Bertz CT molecular complexity index is 1300. The van der Waals surface area contributed by atoms with Crippen molar-refractivity contribution in [3.8, 4) is 0 Å². The van der Waals surface area contributed by atoms with Crippen LogP contribution in [0.25, 0.3) is 0 Å². The highest BCUT2D eigenvalue weighted by Gasteiger charge is 2.48. The summed E-state index contributed by atoms with van der Waals surface area (Å²) in [6.45, 7) is 8.61. The molecule has 2 aromatic carbocycles. The standard InChI is InChI=1S/C46H70O6/c1-5-9-11-13-34-15-23-38(24-16-34)40-27-19-36(20-28-40)32-51-42(31-43(47)48)44(46(7-3,8-4)45(49)50)52-33-37-21-29-41(30-22-37)39-25-17-35(18-26-39)14-12-10-6-2/h19-22,27-30,34-35,38-39,42,44H,5-18,23-26,31-33H2,1-4H3,(H,47,48)(H,49,50)/t34?,35?,38?,39?,42-,44+/m1/s1. The van der Waals surface area contributed by atoms with Gasteiger partial charge in [-0.2, -0.15) is 0 Å². The Morgan fingerprint density at radius 1 is 0.635 bits per heavy atom. The third-order valence-corrected chi connectivity index (χ3v) is 12.9. The number of carboxylic acid groups (broad SMARTS) is 2. The molecule has 0 radical (unpaired) electrons.